The van der Waals surface area contributed by atoms with Gasteiger partial charge in [-0.15, -0.1) is 0 Å². The van der Waals surface area contributed by atoms with E-state index in [1.807, 2.05) is 30.1 Å². The van der Waals surface area contributed by atoms with Gasteiger partial charge in [-0.3, -0.25) is 4.79 Å². The molecule has 1 aromatic carbocycles. The molecular weight excluding hydrogens is 314 g/mol. The number of nitrogens with zero attached hydrogens (tertiary/aromatic N) is 2. The van der Waals surface area contributed by atoms with Crippen LogP contribution in [0, 0.1) is 0 Å². The van der Waals surface area contributed by atoms with Crippen LogP contribution < -0.4 is 15.5 Å². The van der Waals surface area contributed by atoms with Crippen LogP contribution in [0.5, 0.6) is 5.75 Å². The number of thioether (sulfide) groups is 2. The summed E-state index contributed by atoms with van der Waals surface area (Å²) in [5, 5.41) is 1.86. The third kappa shape index (κ3) is 1.99. The number of fused-ring (bicyclic) bond motifs is 1. The molecule has 0 atom stereocenters. The Morgan fingerprint density at radius 3 is 2.70 bits per heavy atom. The fourth-order valence-electron chi connectivity index (χ4n) is 1.96. The van der Waals surface area contributed by atoms with Gasteiger partial charge in [0.25, 0.3) is 5.91 Å². The quantitative estimate of drug-likeness (QED) is 0.367. The molecule has 1 amide bonds. The van der Waals surface area contributed by atoms with E-state index in [4.69, 9.17) is 22.8 Å². The molecule has 8 heteroatoms. The zero-order valence-corrected chi connectivity index (χ0v) is 13.2. The van der Waals surface area contributed by atoms with Crippen LogP contribution in [0.3, 0.4) is 0 Å². The molecule has 104 valence electrons. The van der Waals surface area contributed by atoms with E-state index in [1.165, 1.54) is 23.5 Å². The molecule has 1 fully saturated rings. The third-order valence-electron chi connectivity index (χ3n) is 3.03. The summed E-state index contributed by atoms with van der Waals surface area (Å²) in [5.41, 5.74) is 1.01. The predicted octanol–water partition coefficient (Wildman–Crippen LogP) is 2.14. The molecule has 20 heavy (non-hydrogen) atoms. The Labute approximate surface area is 130 Å². The third-order valence-corrected chi connectivity index (χ3v) is 5.79. The Kier molecular flexibility index (Phi) is 3.41. The van der Waals surface area contributed by atoms with Crippen LogP contribution in [0.4, 0.5) is 5.69 Å². The van der Waals surface area contributed by atoms with Gasteiger partial charge in [0.05, 0.1) is 17.8 Å². The fraction of sp³-hybridized carbons (Fsp3) is 0.167. The second-order valence-electron chi connectivity index (χ2n) is 4.17. The number of hydrazine groups is 1. The molecule has 1 saturated heterocycles. The van der Waals surface area contributed by atoms with E-state index >= 15 is 0 Å². The van der Waals surface area contributed by atoms with Crippen molar-refractivity contribution in [1.82, 2.24) is 5.01 Å². The Morgan fingerprint density at radius 1 is 1.35 bits per heavy atom. The topological polar surface area (TPSA) is 58.8 Å². The molecule has 3 rings (SSSR count). The van der Waals surface area contributed by atoms with E-state index in [0.29, 0.717) is 9.23 Å². The summed E-state index contributed by atoms with van der Waals surface area (Å²) < 4.78 is 5.61. The summed E-state index contributed by atoms with van der Waals surface area (Å²) in [6.07, 6.45) is 0. The lowest BCUT2D eigenvalue weighted by atomic mass is 10.3. The molecule has 2 heterocycles. The first-order valence-corrected chi connectivity index (χ1v) is 7.72. The molecule has 0 bridgehead atoms. The van der Waals surface area contributed by atoms with E-state index in [0.717, 1.165) is 26.4 Å². The minimum absolute atomic E-state index is 0.255. The van der Waals surface area contributed by atoms with Crippen molar-refractivity contribution in [2.75, 3.05) is 19.1 Å². The van der Waals surface area contributed by atoms with Crippen molar-refractivity contribution in [2.24, 2.45) is 5.84 Å². The summed E-state index contributed by atoms with van der Waals surface area (Å²) in [4.78, 5) is 15.7. The number of rotatable bonds is 1. The normalized spacial score (nSPS) is 21.8. The number of amides is 1. The Bertz CT molecular complexity index is 659. The van der Waals surface area contributed by atoms with Crippen molar-refractivity contribution in [3.05, 3.63) is 28.1 Å². The number of anilines is 1. The highest BCUT2D eigenvalue weighted by Crippen LogP contribution is 2.50. The largest absolute Gasteiger partial charge is 0.497 e. The number of benzene rings is 1. The first-order chi connectivity index (χ1) is 9.52. The van der Waals surface area contributed by atoms with E-state index in [-0.39, 0.29) is 5.91 Å². The van der Waals surface area contributed by atoms with Gasteiger partial charge in [0, 0.05) is 18.0 Å². The molecule has 2 aliphatic rings. The average Bonchev–Trinajstić information content (AvgIpc) is 2.91. The maximum Gasteiger partial charge on any atom is 0.283 e. The number of carbonyl (C=O) groups is 1. The lowest BCUT2D eigenvalue weighted by Crippen LogP contribution is -2.35. The van der Waals surface area contributed by atoms with Gasteiger partial charge < -0.3 is 9.64 Å². The van der Waals surface area contributed by atoms with Gasteiger partial charge in [-0.1, -0.05) is 35.7 Å². The van der Waals surface area contributed by atoms with E-state index in [1.54, 1.807) is 7.11 Å². The van der Waals surface area contributed by atoms with E-state index in [2.05, 4.69) is 0 Å². The lowest BCUT2D eigenvalue weighted by Gasteiger charge is -2.15. The van der Waals surface area contributed by atoms with Crippen molar-refractivity contribution in [2.45, 2.75) is 4.90 Å². The van der Waals surface area contributed by atoms with Crippen LogP contribution >= 0.6 is 35.7 Å². The molecule has 0 aliphatic carbocycles. The summed E-state index contributed by atoms with van der Waals surface area (Å²) in [6.45, 7) is 0. The molecule has 0 saturated carbocycles. The molecule has 0 radical (unpaired) electrons. The summed E-state index contributed by atoms with van der Waals surface area (Å²) in [7, 11) is 3.54. The predicted molar refractivity (Wildman–Crippen MR) is 85.5 cm³/mol. The van der Waals surface area contributed by atoms with Gasteiger partial charge in [0.2, 0.25) is 0 Å². The maximum atomic E-state index is 12.1. The number of hydrogen-bond acceptors (Lipinski definition) is 7. The van der Waals surface area contributed by atoms with Crippen LogP contribution in [0.15, 0.2) is 33.0 Å². The zero-order valence-electron chi connectivity index (χ0n) is 10.7. The van der Waals surface area contributed by atoms with Crippen LogP contribution in [0.1, 0.15) is 0 Å². The lowest BCUT2D eigenvalue weighted by molar-refractivity contribution is -0.122. The van der Waals surface area contributed by atoms with E-state index in [9.17, 15) is 4.79 Å². The van der Waals surface area contributed by atoms with Crippen LogP contribution in [-0.4, -0.2) is 29.4 Å². The summed E-state index contributed by atoms with van der Waals surface area (Å²) in [6, 6.07) is 5.82. The summed E-state index contributed by atoms with van der Waals surface area (Å²) >= 11 is 7.82. The van der Waals surface area contributed by atoms with Crippen molar-refractivity contribution in [3.63, 3.8) is 0 Å². The second kappa shape index (κ2) is 4.96. The minimum atomic E-state index is -0.255. The van der Waals surface area contributed by atoms with Gasteiger partial charge in [0.15, 0.2) is 4.32 Å². The minimum Gasteiger partial charge on any atom is -0.497 e. The van der Waals surface area contributed by atoms with Crippen LogP contribution in [0.2, 0.25) is 0 Å². The highest BCUT2D eigenvalue weighted by atomic mass is 32.2. The van der Waals surface area contributed by atoms with Gasteiger partial charge in [0.1, 0.15) is 10.7 Å². The van der Waals surface area contributed by atoms with Gasteiger partial charge in [-0.05, 0) is 12.1 Å². The van der Waals surface area contributed by atoms with Gasteiger partial charge in [-0.2, -0.15) is 0 Å². The Balaban J connectivity index is 2.04. The first-order valence-electron chi connectivity index (χ1n) is 5.67. The van der Waals surface area contributed by atoms with Gasteiger partial charge >= 0.3 is 0 Å². The highest BCUT2D eigenvalue weighted by Gasteiger charge is 2.37. The van der Waals surface area contributed by atoms with Crippen molar-refractivity contribution >= 4 is 51.7 Å². The number of thiocarbonyl (C=S) groups is 1. The van der Waals surface area contributed by atoms with Crippen molar-refractivity contribution in [3.8, 4) is 5.75 Å². The number of hydrogen-bond donors (Lipinski definition) is 1. The molecule has 2 aliphatic heterocycles. The standard InChI is InChI=1S/C12H11N3O2S3/c1-14-7-5-6(17-2)3-4-8(7)19-11(14)9-10(16)15(13)12(18)20-9/h3-5H,13H2,1-2H3. The summed E-state index contributed by atoms with van der Waals surface area (Å²) in [5.74, 6) is 6.14. The SMILES string of the molecule is COc1ccc2c(c1)N(C)C(=C1SC(=S)N(N)C1=O)S2. The van der Waals surface area contributed by atoms with Crippen LogP contribution in [-0.2, 0) is 4.79 Å². The molecule has 1 aromatic rings. The maximum absolute atomic E-state index is 12.1. The van der Waals surface area contributed by atoms with E-state index < -0.39 is 0 Å². The zero-order chi connectivity index (χ0) is 14.4. The average molecular weight is 325 g/mol. The van der Waals surface area contributed by atoms with Gasteiger partial charge in [-0.25, -0.2) is 10.9 Å². The monoisotopic (exact) mass is 325 g/mol. The molecule has 0 unspecified atom stereocenters. The van der Waals surface area contributed by atoms with Crippen molar-refractivity contribution in [1.29, 1.82) is 0 Å². The number of carbonyl (C=O) groups excluding carboxylic acids is 1. The molecule has 5 nitrogen and oxygen atoms in total. The first kappa shape index (κ1) is 13.7. The highest BCUT2D eigenvalue weighted by molar-refractivity contribution is 8.27. The second-order valence-corrected chi connectivity index (χ2v) is 6.85. The number of methoxy groups -OCH3 is 1. The molecular formula is C12H11N3O2S3. The number of ether oxygens (including phenoxy) is 1. The Morgan fingerprint density at radius 2 is 2.10 bits per heavy atom. The smallest absolute Gasteiger partial charge is 0.283 e. The van der Waals surface area contributed by atoms with Crippen molar-refractivity contribution < 1.29 is 9.53 Å². The Hall–Kier alpha value is -1.22. The fourth-order valence-corrected chi connectivity index (χ4v) is 4.37. The molecule has 0 aromatic heterocycles. The number of nitrogens with two attached hydrogens (primary N) is 1. The van der Waals surface area contributed by atoms with Crippen LogP contribution in [0.25, 0.3) is 0 Å². The molecule has 0 spiro atoms. The molecule has 2 N–H and O–H groups in total.